The van der Waals surface area contributed by atoms with Gasteiger partial charge in [-0.15, -0.1) is 0 Å². The van der Waals surface area contributed by atoms with Crippen molar-refractivity contribution in [3.63, 3.8) is 0 Å². The zero-order chi connectivity index (χ0) is 29.2. The first-order chi connectivity index (χ1) is 20.2. The van der Waals surface area contributed by atoms with E-state index in [1.165, 1.54) is 29.9 Å². The number of hydrogen-bond acceptors (Lipinski definition) is 15. The maximum Gasteiger partial charge on any atom is 0.386 e. The normalized spacial score (nSPS) is 34.0. The van der Waals surface area contributed by atoms with E-state index < -0.39 is 62.2 Å². The van der Waals surface area contributed by atoms with E-state index in [0.717, 1.165) is 0 Å². The number of aromatic nitrogens is 8. The third-order valence-corrected chi connectivity index (χ3v) is 9.02. The number of rotatable bonds is 2. The first-order valence-corrected chi connectivity index (χ1v) is 15.5. The summed E-state index contributed by atoms with van der Waals surface area (Å²) in [6.07, 6.45) is -1.64. The van der Waals surface area contributed by atoms with Crippen molar-refractivity contribution in [2.75, 3.05) is 24.7 Å². The zero-order valence-corrected chi connectivity index (χ0v) is 23.3. The number of carbonyl (C=O) groups excluding carboxylic acids is 1. The van der Waals surface area contributed by atoms with Crippen LogP contribution in [0.5, 0.6) is 0 Å². The molecule has 0 amide bonds. The largest absolute Gasteiger partial charge is 0.463 e. The van der Waals surface area contributed by atoms with Gasteiger partial charge in [0.2, 0.25) is 0 Å². The summed E-state index contributed by atoms with van der Waals surface area (Å²) in [5, 5.41) is 0. The molecule has 4 N–H and O–H groups in total. The molecule has 0 aliphatic carbocycles. The third-order valence-electron chi connectivity index (χ3n) is 7.41. The first-order valence-electron chi connectivity index (χ1n) is 12.8. The molecule has 7 rings (SSSR count). The average molecular weight is 623 g/mol. The third kappa shape index (κ3) is 4.75. The van der Waals surface area contributed by atoms with Crippen molar-refractivity contribution in [1.29, 1.82) is 0 Å². The highest BCUT2D eigenvalue weighted by Gasteiger charge is 2.51. The Morgan fingerprint density at radius 2 is 1.57 bits per heavy atom. The number of thiol groups is 1. The Bertz CT molecular complexity index is 1730. The minimum atomic E-state index is -4.16. The van der Waals surface area contributed by atoms with E-state index in [-0.39, 0.29) is 35.8 Å². The molecule has 3 saturated heterocycles. The fraction of sp³-hybridized carbons (Fsp3) is 0.500. The zero-order valence-electron chi connectivity index (χ0n) is 21.5. The van der Waals surface area contributed by atoms with E-state index >= 15 is 4.39 Å². The minimum Gasteiger partial charge on any atom is -0.463 e. The molecule has 0 spiro atoms. The summed E-state index contributed by atoms with van der Waals surface area (Å²) in [5.74, 6) is -0.706. The molecule has 4 aromatic rings. The number of hydrogen-bond donors (Lipinski definition) is 3. The van der Waals surface area contributed by atoms with Crippen LogP contribution in [0.4, 0.5) is 16.0 Å². The number of fused-ring (bicyclic) bond motifs is 5. The molecule has 17 nitrogen and oxygen atoms in total. The van der Waals surface area contributed by atoms with Crippen molar-refractivity contribution in [3.8, 4) is 0 Å². The molecule has 42 heavy (non-hydrogen) atoms. The van der Waals surface area contributed by atoms with Crippen LogP contribution in [0.2, 0.25) is 0 Å². The predicted molar refractivity (Wildman–Crippen MR) is 143 cm³/mol. The fourth-order valence-corrected chi connectivity index (χ4v) is 7.00. The number of imidazole rings is 2. The Morgan fingerprint density at radius 1 is 0.929 bits per heavy atom. The highest BCUT2D eigenvalue weighted by atomic mass is 32.7. The average Bonchev–Trinajstić information content (AvgIpc) is 3.72. The van der Waals surface area contributed by atoms with Crippen molar-refractivity contribution in [1.82, 2.24) is 39.0 Å². The summed E-state index contributed by atoms with van der Waals surface area (Å²) >= 11 is 4.08. The van der Waals surface area contributed by atoms with Gasteiger partial charge in [-0.25, -0.2) is 38.9 Å². The SMILES string of the molecule is Nc1ncnc2c1ncn2[C@@H]1O[C@@H]2CO[P@@](=O)(S)O[C@H]3[C@@H](F)[C@H](n4cnc5c(N)ncnc54)O[C@@H]3COC(=O)C[C@@H]1C2. The highest BCUT2D eigenvalue weighted by molar-refractivity contribution is 8.44. The minimum absolute atomic E-state index is 0.0664. The molecule has 222 valence electrons. The summed E-state index contributed by atoms with van der Waals surface area (Å²) in [7, 11) is 0. The smallest absolute Gasteiger partial charge is 0.386 e. The molecule has 0 aromatic carbocycles. The van der Waals surface area contributed by atoms with E-state index in [1.807, 2.05) is 0 Å². The van der Waals surface area contributed by atoms with Gasteiger partial charge >= 0.3 is 12.8 Å². The van der Waals surface area contributed by atoms with Crippen molar-refractivity contribution >= 4 is 59.0 Å². The van der Waals surface area contributed by atoms with Gasteiger partial charge in [0.1, 0.15) is 48.7 Å². The number of cyclic esters (lactones) is 1. The Kier molecular flexibility index (Phi) is 6.74. The van der Waals surface area contributed by atoms with Crippen molar-refractivity contribution in [3.05, 3.63) is 25.3 Å². The van der Waals surface area contributed by atoms with Gasteiger partial charge in [0, 0.05) is 5.92 Å². The Labute approximate surface area is 240 Å². The number of nitrogens with zero attached hydrogens (tertiary/aromatic N) is 8. The Morgan fingerprint density at radius 3 is 2.24 bits per heavy atom. The van der Waals surface area contributed by atoms with Crippen LogP contribution in [0.1, 0.15) is 25.3 Å². The lowest BCUT2D eigenvalue weighted by molar-refractivity contribution is -0.152. The lowest BCUT2D eigenvalue weighted by atomic mass is 9.99. The fourth-order valence-electron chi connectivity index (χ4n) is 5.50. The molecule has 0 unspecified atom stereocenters. The summed E-state index contributed by atoms with van der Waals surface area (Å²) < 4.78 is 60.9. The number of ether oxygens (including phenoxy) is 3. The monoisotopic (exact) mass is 622 g/mol. The van der Waals surface area contributed by atoms with Crippen molar-refractivity contribution in [2.24, 2.45) is 5.92 Å². The number of nitrogen functional groups attached to an aromatic ring is 2. The molecule has 3 aliphatic heterocycles. The Hall–Kier alpha value is -3.48. The van der Waals surface area contributed by atoms with Crippen LogP contribution in [0, 0.1) is 5.92 Å². The van der Waals surface area contributed by atoms with Crippen LogP contribution < -0.4 is 11.5 Å². The summed E-state index contributed by atoms with van der Waals surface area (Å²) in [5.41, 5.74) is 13.0. The molecule has 0 saturated carbocycles. The maximum absolute atomic E-state index is 15.9. The summed E-state index contributed by atoms with van der Waals surface area (Å²) in [4.78, 5) is 37.7. The van der Waals surface area contributed by atoms with Gasteiger partial charge in [0.25, 0.3) is 0 Å². The van der Waals surface area contributed by atoms with Gasteiger partial charge in [0.05, 0.1) is 31.8 Å². The molecule has 3 aliphatic rings. The molecule has 3 fully saturated rings. The lowest BCUT2D eigenvalue weighted by Gasteiger charge is -2.24. The van der Waals surface area contributed by atoms with Gasteiger partial charge < -0.3 is 25.7 Å². The second-order valence-corrected chi connectivity index (χ2v) is 12.9. The molecule has 2 bridgehead atoms. The van der Waals surface area contributed by atoms with E-state index in [2.05, 4.69) is 42.2 Å². The molecular weight excluding hydrogens is 598 g/mol. The summed E-state index contributed by atoms with van der Waals surface area (Å²) in [6, 6.07) is 0. The molecule has 7 heterocycles. The van der Waals surface area contributed by atoms with Gasteiger partial charge in [-0.3, -0.25) is 23.0 Å². The second-order valence-electron chi connectivity index (χ2n) is 10.0. The van der Waals surface area contributed by atoms with E-state index in [4.69, 9.17) is 34.7 Å². The quantitative estimate of drug-likeness (QED) is 0.163. The van der Waals surface area contributed by atoms with E-state index in [1.54, 1.807) is 4.57 Å². The maximum atomic E-state index is 15.9. The highest BCUT2D eigenvalue weighted by Crippen LogP contribution is 2.57. The number of alkyl halides is 1. The van der Waals surface area contributed by atoms with Crippen LogP contribution in [-0.2, 0) is 32.6 Å². The van der Waals surface area contributed by atoms with Crippen LogP contribution in [0.15, 0.2) is 25.3 Å². The van der Waals surface area contributed by atoms with Gasteiger partial charge in [-0.1, -0.05) is 12.2 Å². The number of halogens is 1. The predicted octanol–water partition coefficient (Wildman–Crippen LogP) is 1.36. The first kappa shape index (κ1) is 27.4. The van der Waals surface area contributed by atoms with Crippen LogP contribution in [0.3, 0.4) is 0 Å². The summed E-state index contributed by atoms with van der Waals surface area (Å²) in [6.45, 7) is -4.78. The number of carbonyl (C=O) groups is 1. The number of anilines is 2. The van der Waals surface area contributed by atoms with Crippen LogP contribution in [-0.4, -0.2) is 82.7 Å². The molecule has 8 atom stereocenters. The van der Waals surface area contributed by atoms with Crippen LogP contribution >= 0.6 is 19.0 Å². The topological polar surface area (TPSA) is 220 Å². The van der Waals surface area contributed by atoms with Crippen molar-refractivity contribution in [2.45, 2.75) is 49.8 Å². The van der Waals surface area contributed by atoms with Gasteiger partial charge in [-0.2, -0.15) is 0 Å². The van der Waals surface area contributed by atoms with E-state index in [9.17, 15) is 9.36 Å². The van der Waals surface area contributed by atoms with Gasteiger partial charge in [0.15, 0.2) is 35.3 Å². The second kappa shape index (κ2) is 10.4. The molecule has 0 radical (unpaired) electrons. The standard InChI is InChI=1S/C22H24FN10O7PS/c23-13-16-11(39-22(13)33-8-31-15-18(25)27-6-29-20(15)33)4-36-12(34)2-9-1-10(3-37-41(35,42)40-16)38-21(9)32-7-30-14-17(24)26-5-28-19(14)32/h5-11,13,16,21-22H,1-4H2,(H,35,42)(H2,24,26,28)(H2,25,27,29)/t9-,10-,11+,13+,16+,21+,22+,41+/m0/s1. The number of nitrogens with two attached hydrogens (primary N) is 2. The van der Waals surface area contributed by atoms with E-state index in [0.29, 0.717) is 17.6 Å². The lowest BCUT2D eigenvalue weighted by Crippen LogP contribution is -2.34. The van der Waals surface area contributed by atoms with Crippen LogP contribution in [0.25, 0.3) is 22.3 Å². The Balaban J connectivity index is 1.16. The number of esters is 1. The van der Waals surface area contributed by atoms with Gasteiger partial charge in [-0.05, 0) is 6.42 Å². The molecule has 4 aromatic heterocycles. The molecular formula is C22H24FN10O7PS. The molecule has 20 heteroatoms. The van der Waals surface area contributed by atoms with Crippen molar-refractivity contribution < 1.29 is 37.0 Å².